The van der Waals surface area contributed by atoms with Crippen LogP contribution in [0.15, 0.2) is 18.2 Å². The molecular weight excluding hydrogens is 222 g/mol. The standard InChI is InChI=1S/C15H21N3/c1-10-7-11(2)15(12(3)8-10)14-9-13(5-6-16)18(4)17-14/h7-9H,5-6,16H2,1-4H3. The lowest BCUT2D eigenvalue weighted by atomic mass is 9.97. The summed E-state index contributed by atoms with van der Waals surface area (Å²) in [5, 5.41) is 4.61. The predicted molar refractivity (Wildman–Crippen MR) is 75.6 cm³/mol. The Hall–Kier alpha value is -1.61. The second-order valence-electron chi connectivity index (χ2n) is 4.96. The molecule has 2 rings (SSSR count). The van der Waals surface area contributed by atoms with Crippen LogP contribution in [0.25, 0.3) is 11.3 Å². The molecule has 0 saturated heterocycles. The van der Waals surface area contributed by atoms with Crippen molar-refractivity contribution in [3.8, 4) is 11.3 Å². The first kappa shape index (κ1) is 12.8. The van der Waals surface area contributed by atoms with Gasteiger partial charge in [0.15, 0.2) is 0 Å². The van der Waals surface area contributed by atoms with Gasteiger partial charge >= 0.3 is 0 Å². The minimum atomic E-state index is 0.658. The zero-order valence-electron chi connectivity index (χ0n) is 11.6. The highest BCUT2D eigenvalue weighted by molar-refractivity contribution is 5.68. The van der Waals surface area contributed by atoms with Crippen LogP contribution in [0.1, 0.15) is 22.4 Å². The Labute approximate surface area is 109 Å². The second-order valence-corrected chi connectivity index (χ2v) is 4.96. The number of aryl methyl sites for hydroxylation is 4. The molecule has 18 heavy (non-hydrogen) atoms. The van der Waals surface area contributed by atoms with Crippen molar-refractivity contribution in [2.24, 2.45) is 12.8 Å². The Bertz CT molecular complexity index is 544. The van der Waals surface area contributed by atoms with E-state index in [1.54, 1.807) is 0 Å². The van der Waals surface area contributed by atoms with Crippen LogP contribution in [0.4, 0.5) is 0 Å². The summed E-state index contributed by atoms with van der Waals surface area (Å²) in [5.74, 6) is 0. The van der Waals surface area contributed by atoms with Crippen molar-refractivity contribution >= 4 is 0 Å². The van der Waals surface area contributed by atoms with Crippen LogP contribution in [0.3, 0.4) is 0 Å². The van der Waals surface area contributed by atoms with E-state index in [4.69, 9.17) is 5.73 Å². The monoisotopic (exact) mass is 243 g/mol. The molecule has 0 aliphatic heterocycles. The molecule has 3 nitrogen and oxygen atoms in total. The number of nitrogens with zero attached hydrogens (tertiary/aromatic N) is 2. The van der Waals surface area contributed by atoms with Crippen LogP contribution >= 0.6 is 0 Å². The third-order valence-corrected chi connectivity index (χ3v) is 3.31. The lowest BCUT2D eigenvalue weighted by Crippen LogP contribution is -2.06. The summed E-state index contributed by atoms with van der Waals surface area (Å²) in [5.41, 5.74) is 13.0. The Morgan fingerprint density at radius 2 is 1.72 bits per heavy atom. The summed E-state index contributed by atoms with van der Waals surface area (Å²) in [6.45, 7) is 7.08. The molecule has 2 aromatic rings. The van der Waals surface area contributed by atoms with Crippen molar-refractivity contribution in [1.82, 2.24) is 9.78 Å². The van der Waals surface area contributed by atoms with Crippen molar-refractivity contribution < 1.29 is 0 Å². The topological polar surface area (TPSA) is 43.8 Å². The van der Waals surface area contributed by atoms with E-state index in [2.05, 4.69) is 44.1 Å². The zero-order valence-corrected chi connectivity index (χ0v) is 11.6. The van der Waals surface area contributed by atoms with Gasteiger partial charge in [0.2, 0.25) is 0 Å². The van der Waals surface area contributed by atoms with Gasteiger partial charge in [0, 0.05) is 24.7 Å². The van der Waals surface area contributed by atoms with Gasteiger partial charge in [-0.3, -0.25) is 4.68 Å². The Morgan fingerprint density at radius 3 is 2.28 bits per heavy atom. The number of nitrogens with two attached hydrogens (primary N) is 1. The molecule has 0 amide bonds. The van der Waals surface area contributed by atoms with Crippen molar-refractivity contribution in [2.75, 3.05) is 6.54 Å². The highest BCUT2D eigenvalue weighted by atomic mass is 15.3. The minimum absolute atomic E-state index is 0.658. The molecule has 0 atom stereocenters. The number of rotatable bonds is 3. The summed E-state index contributed by atoms with van der Waals surface area (Å²) in [4.78, 5) is 0. The molecule has 0 fully saturated rings. The molecule has 1 aromatic carbocycles. The Balaban J connectivity index is 2.52. The van der Waals surface area contributed by atoms with Gasteiger partial charge in [0.1, 0.15) is 0 Å². The van der Waals surface area contributed by atoms with Crippen LogP contribution in [0.2, 0.25) is 0 Å². The highest BCUT2D eigenvalue weighted by Crippen LogP contribution is 2.27. The minimum Gasteiger partial charge on any atom is -0.330 e. The Kier molecular flexibility index (Phi) is 3.53. The molecule has 0 saturated carbocycles. The van der Waals surface area contributed by atoms with Crippen molar-refractivity contribution in [3.63, 3.8) is 0 Å². The largest absolute Gasteiger partial charge is 0.330 e. The molecule has 0 spiro atoms. The second kappa shape index (κ2) is 4.94. The first-order valence-corrected chi connectivity index (χ1v) is 6.34. The molecule has 0 unspecified atom stereocenters. The number of benzene rings is 1. The maximum Gasteiger partial charge on any atom is 0.0931 e. The summed E-state index contributed by atoms with van der Waals surface area (Å²) in [7, 11) is 1.98. The normalized spacial score (nSPS) is 10.9. The van der Waals surface area contributed by atoms with Gasteiger partial charge in [-0.05, 0) is 44.5 Å². The van der Waals surface area contributed by atoms with Crippen LogP contribution in [-0.2, 0) is 13.5 Å². The molecule has 3 heteroatoms. The van der Waals surface area contributed by atoms with Gasteiger partial charge in [-0.15, -0.1) is 0 Å². The summed E-state index contributed by atoms with van der Waals surface area (Å²) >= 11 is 0. The number of aromatic nitrogens is 2. The van der Waals surface area contributed by atoms with E-state index in [0.717, 1.165) is 12.1 Å². The number of hydrogen-bond donors (Lipinski definition) is 1. The van der Waals surface area contributed by atoms with Crippen molar-refractivity contribution in [3.05, 3.63) is 40.6 Å². The van der Waals surface area contributed by atoms with Gasteiger partial charge in [0.05, 0.1) is 5.69 Å². The van der Waals surface area contributed by atoms with Crippen LogP contribution in [-0.4, -0.2) is 16.3 Å². The van der Waals surface area contributed by atoms with Gasteiger partial charge in [0.25, 0.3) is 0 Å². The van der Waals surface area contributed by atoms with E-state index < -0.39 is 0 Å². The maximum atomic E-state index is 5.62. The first-order chi connectivity index (χ1) is 8.52. The van der Waals surface area contributed by atoms with Crippen LogP contribution < -0.4 is 5.73 Å². The quantitative estimate of drug-likeness (QED) is 0.900. The highest BCUT2D eigenvalue weighted by Gasteiger charge is 2.11. The average molecular weight is 243 g/mol. The summed E-state index contributed by atoms with van der Waals surface area (Å²) < 4.78 is 1.93. The molecule has 96 valence electrons. The van der Waals surface area contributed by atoms with Gasteiger partial charge in [-0.1, -0.05) is 17.7 Å². The van der Waals surface area contributed by atoms with E-state index in [0.29, 0.717) is 6.54 Å². The van der Waals surface area contributed by atoms with E-state index in [-0.39, 0.29) is 0 Å². The number of hydrogen-bond acceptors (Lipinski definition) is 2. The Morgan fingerprint density at radius 1 is 1.11 bits per heavy atom. The smallest absolute Gasteiger partial charge is 0.0931 e. The summed E-state index contributed by atoms with van der Waals surface area (Å²) in [6.07, 6.45) is 0.869. The lowest BCUT2D eigenvalue weighted by molar-refractivity contribution is 0.708. The fourth-order valence-electron chi connectivity index (χ4n) is 2.59. The molecule has 1 heterocycles. The summed E-state index contributed by atoms with van der Waals surface area (Å²) in [6, 6.07) is 6.57. The SMILES string of the molecule is Cc1cc(C)c(-c2cc(CCN)n(C)n2)c(C)c1. The predicted octanol–water partition coefficient (Wildman–Crippen LogP) is 2.51. The fraction of sp³-hybridized carbons (Fsp3) is 0.400. The molecule has 0 bridgehead atoms. The molecule has 1 aromatic heterocycles. The molecule has 0 radical (unpaired) electrons. The molecule has 0 aliphatic rings. The van der Waals surface area contributed by atoms with E-state index in [1.807, 2.05) is 11.7 Å². The van der Waals surface area contributed by atoms with Gasteiger partial charge in [-0.2, -0.15) is 5.10 Å². The van der Waals surface area contributed by atoms with E-state index >= 15 is 0 Å². The average Bonchev–Trinajstić information content (AvgIpc) is 2.59. The zero-order chi connectivity index (χ0) is 13.3. The molecule has 2 N–H and O–H groups in total. The fourth-order valence-corrected chi connectivity index (χ4v) is 2.59. The third kappa shape index (κ3) is 2.31. The maximum absolute atomic E-state index is 5.62. The van der Waals surface area contributed by atoms with Gasteiger partial charge in [-0.25, -0.2) is 0 Å². The third-order valence-electron chi connectivity index (χ3n) is 3.31. The van der Waals surface area contributed by atoms with Crippen LogP contribution in [0, 0.1) is 20.8 Å². The van der Waals surface area contributed by atoms with Crippen molar-refractivity contribution in [1.29, 1.82) is 0 Å². The van der Waals surface area contributed by atoms with E-state index in [1.165, 1.54) is 27.9 Å². The van der Waals surface area contributed by atoms with Gasteiger partial charge < -0.3 is 5.73 Å². The molecule has 0 aliphatic carbocycles. The first-order valence-electron chi connectivity index (χ1n) is 6.34. The molecular formula is C15H21N3. The van der Waals surface area contributed by atoms with Crippen molar-refractivity contribution in [2.45, 2.75) is 27.2 Å². The lowest BCUT2D eigenvalue weighted by Gasteiger charge is -2.08. The van der Waals surface area contributed by atoms with E-state index in [9.17, 15) is 0 Å². The van der Waals surface area contributed by atoms with Crippen LogP contribution in [0.5, 0.6) is 0 Å².